The van der Waals surface area contributed by atoms with Gasteiger partial charge in [-0.25, -0.2) is 14.4 Å². The van der Waals surface area contributed by atoms with Crippen molar-refractivity contribution in [2.75, 3.05) is 18.1 Å². The van der Waals surface area contributed by atoms with Gasteiger partial charge in [-0.05, 0) is 30.5 Å². The molecule has 10 nitrogen and oxygen atoms in total. The Hall–Kier alpha value is -2.69. The van der Waals surface area contributed by atoms with Crippen LogP contribution in [0, 0.1) is 0 Å². The summed E-state index contributed by atoms with van der Waals surface area (Å²) < 4.78 is 38.4. The molecule has 2 aliphatic rings. The van der Waals surface area contributed by atoms with Gasteiger partial charge in [-0.15, -0.1) is 0 Å². The summed E-state index contributed by atoms with van der Waals surface area (Å²) in [5.41, 5.74) is 1.73. The van der Waals surface area contributed by atoms with E-state index in [9.17, 15) is 14.5 Å². The first-order chi connectivity index (χ1) is 16.0. The summed E-state index contributed by atoms with van der Waals surface area (Å²) in [5.74, 6) is 0.235. The van der Waals surface area contributed by atoms with Gasteiger partial charge in [-0.2, -0.15) is 0 Å². The van der Waals surface area contributed by atoms with E-state index in [4.69, 9.17) is 14.2 Å². The molecule has 1 amide bonds. The third-order valence-electron chi connectivity index (χ3n) is 5.98. The molecular formula is C21H22FN4O6P. The molecule has 2 aliphatic heterocycles. The van der Waals surface area contributed by atoms with Crippen molar-refractivity contribution in [3.05, 3.63) is 54.0 Å². The van der Waals surface area contributed by atoms with Crippen molar-refractivity contribution in [2.45, 2.75) is 37.4 Å². The van der Waals surface area contributed by atoms with Crippen LogP contribution in [0.4, 0.5) is 10.2 Å². The smallest absolute Gasteiger partial charge is 0.317 e. The van der Waals surface area contributed by atoms with Crippen molar-refractivity contribution in [3.63, 3.8) is 0 Å². The first-order valence-electron chi connectivity index (χ1n) is 10.5. The van der Waals surface area contributed by atoms with Crippen LogP contribution < -0.4 is 4.90 Å². The predicted molar refractivity (Wildman–Crippen MR) is 116 cm³/mol. The number of aromatic nitrogens is 3. The molecule has 2 N–H and O–H groups in total. The lowest BCUT2D eigenvalue weighted by molar-refractivity contribution is -0.0434. The molecule has 174 valence electrons. The number of aliphatic hydroxyl groups is 1. The molecule has 0 radical (unpaired) electrons. The molecule has 4 heterocycles. The third-order valence-corrected chi connectivity index (χ3v) is 6.45. The monoisotopic (exact) mass is 476 g/mol. The number of halogens is 1. The van der Waals surface area contributed by atoms with Crippen LogP contribution in [0.25, 0.3) is 11.0 Å². The normalized spacial score (nSPS) is 25.8. The number of carbonyl (C=O) groups excluding carboxylic acids is 1. The molecule has 5 rings (SSSR count). The van der Waals surface area contributed by atoms with Crippen molar-refractivity contribution in [1.82, 2.24) is 14.5 Å². The maximum atomic E-state index is 15.3. The van der Waals surface area contributed by atoms with Crippen molar-refractivity contribution < 1.29 is 33.0 Å². The molecule has 3 aromatic rings. The first kappa shape index (κ1) is 22.1. The molecule has 1 unspecified atom stereocenters. The van der Waals surface area contributed by atoms with Gasteiger partial charge in [0, 0.05) is 18.3 Å². The number of carbonyl (C=O) groups is 1. The summed E-state index contributed by atoms with van der Waals surface area (Å²) in [5, 5.41) is 10.2. The Morgan fingerprint density at radius 2 is 2.09 bits per heavy atom. The predicted octanol–water partition coefficient (Wildman–Crippen LogP) is 2.02. The third kappa shape index (κ3) is 3.85. The van der Waals surface area contributed by atoms with Crippen molar-refractivity contribution >= 4 is 31.0 Å². The van der Waals surface area contributed by atoms with E-state index in [0.717, 1.165) is 5.56 Å². The second-order valence-corrected chi connectivity index (χ2v) is 8.69. The SMILES string of the molecule is O=C(c1ccccc1)N1CCCc2cn([C@@H]3O[C@H](CO)[C@@H](O[PH](=O)O)[C@H]3F)c3ncnc1c23. The molecule has 2 aromatic heterocycles. The van der Waals surface area contributed by atoms with Gasteiger partial charge in [-0.1, -0.05) is 18.2 Å². The standard InChI is InChI=1S/C21H22FN4O6P/c22-16-17(32-33(29)30)14(10-27)31-21(16)26-9-13-7-4-8-25(18-15(13)19(26)24-11-23-18)20(28)12-5-2-1-3-6-12/h1-3,5-6,9,11,14,16-17,21,27,33H,4,7-8,10H2,(H,29,30)/t14-,16-,17-,21-/m1/s1. The van der Waals surface area contributed by atoms with Crippen LogP contribution in [-0.2, 0) is 20.2 Å². The Morgan fingerprint density at radius 3 is 2.82 bits per heavy atom. The lowest BCUT2D eigenvalue weighted by Crippen LogP contribution is -2.32. The summed E-state index contributed by atoms with van der Waals surface area (Å²) in [7, 11) is -3.44. The number of hydrogen-bond acceptors (Lipinski definition) is 7. The fraction of sp³-hybridized carbons (Fsp3) is 0.381. The van der Waals surface area contributed by atoms with Crippen LogP contribution in [0.3, 0.4) is 0 Å². The van der Waals surface area contributed by atoms with Crippen LogP contribution in [0.5, 0.6) is 0 Å². The second-order valence-electron chi connectivity index (χ2n) is 7.92. The topological polar surface area (TPSA) is 127 Å². The average molecular weight is 476 g/mol. The summed E-state index contributed by atoms with van der Waals surface area (Å²) in [4.78, 5) is 32.7. The summed E-state index contributed by atoms with van der Waals surface area (Å²) in [6, 6.07) is 8.88. The maximum absolute atomic E-state index is 15.3. The number of benzene rings is 1. The molecule has 5 atom stereocenters. The number of rotatable bonds is 5. The molecule has 0 aliphatic carbocycles. The van der Waals surface area contributed by atoms with E-state index in [1.165, 1.54) is 10.9 Å². The highest BCUT2D eigenvalue weighted by Crippen LogP contribution is 2.41. The highest BCUT2D eigenvalue weighted by molar-refractivity contribution is 7.32. The van der Waals surface area contributed by atoms with Crippen molar-refractivity contribution in [1.29, 1.82) is 0 Å². The highest BCUT2D eigenvalue weighted by atomic mass is 31.1. The molecular weight excluding hydrogens is 454 g/mol. The molecule has 12 heteroatoms. The van der Waals surface area contributed by atoms with Crippen LogP contribution in [0.2, 0.25) is 0 Å². The van der Waals surface area contributed by atoms with Crippen LogP contribution in [0.15, 0.2) is 42.9 Å². The first-order valence-corrected chi connectivity index (χ1v) is 11.8. The number of hydrogen-bond donors (Lipinski definition) is 2. The van der Waals surface area contributed by atoms with E-state index >= 15 is 4.39 Å². The molecule has 0 spiro atoms. The highest BCUT2D eigenvalue weighted by Gasteiger charge is 2.48. The van der Waals surface area contributed by atoms with Gasteiger partial charge >= 0.3 is 8.25 Å². The van der Waals surface area contributed by atoms with Gasteiger partial charge in [0.1, 0.15) is 30.0 Å². The Bertz CT molecular complexity index is 1210. The van der Waals surface area contributed by atoms with E-state index in [1.807, 2.05) is 6.07 Å². The lowest BCUT2D eigenvalue weighted by Gasteiger charge is -2.21. The van der Waals surface area contributed by atoms with Gasteiger partial charge in [0.05, 0.1) is 12.0 Å². The number of aryl methyl sites for hydroxylation is 1. The van der Waals surface area contributed by atoms with Gasteiger partial charge in [0.2, 0.25) is 0 Å². The van der Waals surface area contributed by atoms with E-state index in [-0.39, 0.29) is 5.91 Å². The van der Waals surface area contributed by atoms with E-state index in [1.54, 1.807) is 35.4 Å². The van der Waals surface area contributed by atoms with E-state index in [0.29, 0.717) is 41.8 Å². The number of ether oxygens (including phenoxy) is 1. The zero-order valence-electron chi connectivity index (χ0n) is 17.4. The number of nitrogens with zero attached hydrogens (tertiary/aromatic N) is 4. The number of amides is 1. The molecule has 33 heavy (non-hydrogen) atoms. The van der Waals surface area contributed by atoms with Crippen LogP contribution in [-0.4, -0.2) is 62.0 Å². The molecule has 1 saturated heterocycles. The van der Waals surface area contributed by atoms with Gasteiger partial charge in [0.15, 0.2) is 12.4 Å². The molecule has 1 fully saturated rings. The fourth-order valence-corrected chi connectivity index (χ4v) is 5.04. The zero-order chi connectivity index (χ0) is 23.1. The molecule has 1 aromatic carbocycles. The van der Waals surface area contributed by atoms with Gasteiger partial charge in [0.25, 0.3) is 5.91 Å². The summed E-state index contributed by atoms with van der Waals surface area (Å²) >= 11 is 0. The maximum Gasteiger partial charge on any atom is 0.317 e. The number of anilines is 1. The summed E-state index contributed by atoms with van der Waals surface area (Å²) in [6.07, 6.45) is -1.29. The second kappa shape index (κ2) is 8.92. The largest absolute Gasteiger partial charge is 0.394 e. The lowest BCUT2D eigenvalue weighted by atomic mass is 10.1. The molecule has 0 bridgehead atoms. The van der Waals surface area contributed by atoms with Gasteiger partial charge in [-0.3, -0.25) is 14.3 Å². The van der Waals surface area contributed by atoms with E-state index < -0.39 is 39.5 Å². The van der Waals surface area contributed by atoms with Crippen LogP contribution in [0.1, 0.15) is 28.6 Å². The Labute approximate surface area is 188 Å². The number of aliphatic hydroxyl groups excluding tert-OH is 1. The fourth-order valence-electron chi connectivity index (χ4n) is 4.52. The van der Waals surface area contributed by atoms with Crippen molar-refractivity contribution in [2.24, 2.45) is 0 Å². The number of alkyl halides is 1. The zero-order valence-corrected chi connectivity index (χ0v) is 18.4. The Morgan fingerprint density at radius 1 is 1.30 bits per heavy atom. The van der Waals surface area contributed by atoms with Crippen LogP contribution >= 0.6 is 8.25 Å². The average Bonchev–Trinajstić information content (AvgIpc) is 3.26. The molecule has 0 saturated carbocycles. The van der Waals surface area contributed by atoms with E-state index in [2.05, 4.69) is 9.97 Å². The Balaban J connectivity index is 1.57. The van der Waals surface area contributed by atoms with Crippen molar-refractivity contribution in [3.8, 4) is 0 Å². The minimum absolute atomic E-state index is 0.196. The quantitative estimate of drug-likeness (QED) is 0.536. The van der Waals surface area contributed by atoms with Gasteiger partial charge < -0.3 is 23.8 Å². The summed E-state index contributed by atoms with van der Waals surface area (Å²) in [6.45, 7) is -0.115. The minimum Gasteiger partial charge on any atom is -0.394 e. The Kier molecular flexibility index (Phi) is 5.98. The minimum atomic E-state index is -3.44.